The van der Waals surface area contributed by atoms with Crippen LogP contribution in [0.5, 0.6) is 0 Å². The summed E-state index contributed by atoms with van der Waals surface area (Å²) in [6.45, 7) is 0.399. The lowest BCUT2D eigenvalue weighted by molar-refractivity contribution is 0.509. The number of nitrogens with one attached hydrogen (secondary N) is 2. The molecule has 0 spiro atoms. The van der Waals surface area contributed by atoms with E-state index in [0.29, 0.717) is 12.2 Å². The quantitative estimate of drug-likeness (QED) is 0.846. The van der Waals surface area contributed by atoms with Crippen molar-refractivity contribution >= 4 is 23.0 Å². The lowest BCUT2D eigenvalue weighted by Gasteiger charge is -2.10. The van der Waals surface area contributed by atoms with E-state index in [9.17, 15) is 13.2 Å². The molecule has 0 aliphatic rings. The molecule has 2 aromatic carbocycles. The summed E-state index contributed by atoms with van der Waals surface area (Å²) in [6.07, 6.45) is 0. The molecule has 2 aromatic rings. The number of hydrogen-bond donors (Lipinski definition) is 2. The summed E-state index contributed by atoms with van der Waals surface area (Å²) in [4.78, 5) is 0. The maximum atomic E-state index is 13.0. The van der Waals surface area contributed by atoms with Gasteiger partial charge in [-0.05, 0) is 42.0 Å². The van der Waals surface area contributed by atoms with Gasteiger partial charge in [0, 0.05) is 18.3 Å². The highest BCUT2D eigenvalue weighted by Crippen LogP contribution is 2.13. The van der Waals surface area contributed by atoms with Gasteiger partial charge < -0.3 is 10.6 Å². The van der Waals surface area contributed by atoms with E-state index in [1.807, 2.05) is 0 Å². The molecule has 0 atom stereocenters. The van der Waals surface area contributed by atoms with E-state index in [4.69, 9.17) is 12.2 Å². The summed E-state index contributed by atoms with van der Waals surface area (Å²) in [5.41, 5.74) is 1.20. The lowest BCUT2D eigenvalue weighted by atomic mass is 10.2. The Labute approximate surface area is 119 Å². The Kier molecular flexibility index (Phi) is 4.57. The third-order valence-electron chi connectivity index (χ3n) is 2.54. The van der Waals surface area contributed by atoms with Gasteiger partial charge in [0.1, 0.15) is 5.82 Å². The minimum Gasteiger partial charge on any atom is -0.358 e. The Morgan fingerprint density at radius 3 is 2.30 bits per heavy atom. The molecule has 2 nitrogen and oxygen atoms in total. The van der Waals surface area contributed by atoms with Crippen molar-refractivity contribution in [1.82, 2.24) is 5.32 Å². The van der Waals surface area contributed by atoms with Gasteiger partial charge in [-0.15, -0.1) is 0 Å². The smallest absolute Gasteiger partial charge is 0.171 e. The zero-order valence-electron chi connectivity index (χ0n) is 10.3. The molecule has 0 bridgehead atoms. The first-order valence-corrected chi connectivity index (χ1v) is 6.20. The Morgan fingerprint density at radius 1 is 0.950 bits per heavy atom. The summed E-state index contributed by atoms with van der Waals surface area (Å²) < 4.78 is 38.5. The number of benzene rings is 2. The molecule has 0 aliphatic carbocycles. The second-order valence-electron chi connectivity index (χ2n) is 4.06. The Balaban J connectivity index is 1.89. The molecule has 0 amide bonds. The van der Waals surface area contributed by atoms with Gasteiger partial charge in [0.25, 0.3) is 0 Å². The standard InChI is InChI=1S/C14H11F3N2S/c15-10-3-1-9(2-4-10)8-18-14(20)19-11-5-6-12(16)13(17)7-11/h1-7H,8H2,(H2,18,19,20). The summed E-state index contributed by atoms with van der Waals surface area (Å²) >= 11 is 5.02. The van der Waals surface area contributed by atoms with Crippen molar-refractivity contribution in [2.75, 3.05) is 5.32 Å². The molecule has 6 heteroatoms. The van der Waals surface area contributed by atoms with E-state index in [1.54, 1.807) is 12.1 Å². The summed E-state index contributed by atoms with van der Waals surface area (Å²) in [6, 6.07) is 9.36. The first-order valence-electron chi connectivity index (χ1n) is 5.79. The molecule has 0 aromatic heterocycles. The molecule has 0 heterocycles. The van der Waals surface area contributed by atoms with Crippen LogP contribution in [0, 0.1) is 17.5 Å². The average Bonchev–Trinajstić information content (AvgIpc) is 2.42. The van der Waals surface area contributed by atoms with E-state index in [1.165, 1.54) is 18.2 Å². The molecule has 0 saturated heterocycles. The lowest BCUT2D eigenvalue weighted by Crippen LogP contribution is -2.27. The molecule has 0 radical (unpaired) electrons. The van der Waals surface area contributed by atoms with Crippen LogP contribution >= 0.6 is 12.2 Å². The summed E-state index contributed by atoms with van der Waals surface area (Å²) in [7, 11) is 0. The van der Waals surface area contributed by atoms with Crippen molar-refractivity contribution in [1.29, 1.82) is 0 Å². The molecular formula is C14H11F3N2S. The van der Waals surface area contributed by atoms with Crippen molar-refractivity contribution < 1.29 is 13.2 Å². The monoisotopic (exact) mass is 296 g/mol. The maximum Gasteiger partial charge on any atom is 0.171 e. The SMILES string of the molecule is Fc1ccc(CNC(=S)Nc2ccc(F)c(F)c2)cc1. The Bertz CT molecular complexity index is 614. The van der Waals surface area contributed by atoms with E-state index in [2.05, 4.69) is 10.6 Å². The average molecular weight is 296 g/mol. The second-order valence-corrected chi connectivity index (χ2v) is 4.47. The van der Waals surface area contributed by atoms with Gasteiger partial charge in [-0.25, -0.2) is 13.2 Å². The van der Waals surface area contributed by atoms with Gasteiger partial charge in [-0.2, -0.15) is 0 Å². The van der Waals surface area contributed by atoms with Gasteiger partial charge in [-0.1, -0.05) is 12.1 Å². The third kappa shape index (κ3) is 3.96. The van der Waals surface area contributed by atoms with Crippen LogP contribution in [0.15, 0.2) is 42.5 Å². The van der Waals surface area contributed by atoms with Crippen molar-refractivity contribution in [2.45, 2.75) is 6.54 Å². The van der Waals surface area contributed by atoms with Crippen LogP contribution in [0.3, 0.4) is 0 Å². The molecule has 20 heavy (non-hydrogen) atoms. The normalized spacial score (nSPS) is 10.2. The highest BCUT2D eigenvalue weighted by atomic mass is 32.1. The largest absolute Gasteiger partial charge is 0.358 e. The minimum atomic E-state index is -0.948. The first-order chi connectivity index (χ1) is 9.54. The summed E-state index contributed by atoms with van der Waals surface area (Å²) in [5.74, 6) is -2.17. The Morgan fingerprint density at radius 2 is 1.65 bits per heavy atom. The van der Waals surface area contributed by atoms with E-state index in [-0.39, 0.29) is 10.9 Å². The second kappa shape index (κ2) is 6.38. The van der Waals surface area contributed by atoms with Crippen molar-refractivity contribution in [3.8, 4) is 0 Å². The number of thiocarbonyl (C=S) groups is 1. The van der Waals surface area contributed by atoms with Crippen molar-refractivity contribution in [3.63, 3.8) is 0 Å². The van der Waals surface area contributed by atoms with Crippen LogP contribution in [0.4, 0.5) is 18.9 Å². The zero-order chi connectivity index (χ0) is 14.5. The molecular weight excluding hydrogens is 285 g/mol. The van der Waals surface area contributed by atoms with Crippen LogP contribution in [0.2, 0.25) is 0 Å². The molecule has 0 unspecified atom stereocenters. The van der Waals surface area contributed by atoms with Gasteiger partial charge >= 0.3 is 0 Å². The predicted octanol–water partition coefficient (Wildman–Crippen LogP) is 3.59. The number of halogens is 3. The number of anilines is 1. The van der Waals surface area contributed by atoms with Gasteiger partial charge in [0.05, 0.1) is 0 Å². The molecule has 0 aliphatic heterocycles. The van der Waals surface area contributed by atoms with Gasteiger partial charge in [0.2, 0.25) is 0 Å². The van der Waals surface area contributed by atoms with E-state index < -0.39 is 11.6 Å². The Hall–Kier alpha value is -2.08. The highest BCUT2D eigenvalue weighted by molar-refractivity contribution is 7.80. The molecule has 104 valence electrons. The molecule has 2 N–H and O–H groups in total. The highest BCUT2D eigenvalue weighted by Gasteiger charge is 2.04. The minimum absolute atomic E-state index is 0.264. The van der Waals surface area contributed by atoms with E-state index in [0.717, 1.165) is 17.7 Å². The fraction of sp³-hybridized carbons (Fsp3) is 0.0714. The molecule has 2 rings (SSSR count). The topological polar surface area (TPSA) is 24.1 Å². The van der Waals surface area contributed by atoms with Crippen molar-refractivity contribution in [3.05, 3.63) is 65.5 Å². The van der Waals surface area contributed by atoms with Crippen LogP contribution in [-0.2, 0) is 6.54 Å². The maximum absolute atomic E-state index is 13.0. The van der Waals surface area contributed by atoms with Crippen LogP contribution in [0.25, 0.3) is 0 Å². The van der Waals surface area contributed by atoms with Crippen LogP contribution in [0.1, 0.15) is 5.56 Å². The predicted molar refractivity (Wildman–Crippen MR) is 75.8 cm³/mol. The van der Waals surface area contributed by atoms with Crippen LogP contribution < -0.4 is 10.6 Å². The molecule has 0 fully saturated rings. The van der Waals surface area contributed by atoms with E-state index >= 15 is 0 Å². The van der Waals surface area contributed by atoms with Crippen LogP contribution in [-0.4, -0.2) is 5.11 Å². The third-order valence-corrected chi connectivity index (χ3v) is 2.79. The van der Waals surface area contributed by atoms with Crippen molar-refractivity contribution in [2.24, 2.45) is 0 Å². The first kappa shape index (κ1) is 14.3. The van der Waals surface area contributed by atoms with Gasteiger partial charge in [0.15, 0.2) is 16.7 Å². The number of hydrogen-bond acceptors (Lipinski definition) is 1. The molecule has 0 saturated carbocycles. The van der Waals surface area contributed by atoms with Gasteiger partial charge in [-0.3, -0.25) is 0 Å². The number of rotatable bonds is 3. The fourth-order valence-corrected chi connectivity index (χ4v) is 1.72. The zero-order valence-corrected chi connectivity index (χ0v) is 11.1. The summed E-state index contributed by atoms with van der Waals surface area (Å²) in [5, 5.41) is 5.88. The fourth-order valence-electron chi connectivity index (χ4n) is 1.53.